The number of pyridine rings is 1. The van der Waals surface area contributed by atoms with E-state index in [1.165, 1.54) is 11.3 Å². The highest BCUT2D eigenvalue weighted by Crippen LogP contribution is 2.33. The molecule has 0 aliphatic carbocycles. The molecule has 1 aromatic carbocycles. The number of aromatic amines is 1. The molecule has 0 saturated carbocycles. The van der Waals surface area contributed by atoms with Crippen LogP contribution in [0.4, 0.5) is 0 Å². The molecule has 23 heavy (non-hydrogen) atoms. The number of hydrogen-bond donors (Lipinski definition) is 2. The Kier molecular flexibility index (Phi) is 3.17. The van der Waals surface area contributed by atoms with Gasteiger partial charge < -0.3 is 14.6 Å². The minimum Gasteiger partial charge on any atom is -0.506 e. The number of rotatable bonds is 2. The lowest BCUT2D eigenvalue weighted by Crippen LogP contribution is -2.09. The standard InChI is InChI=1S/C15H8ClN3O3S/c16-7-3-4-9-8(6-7)12(20)11(14(21)17-9)15-18-13(19-22-15)10-2-1-5-23-10/h1-6H,(H2,17,20,21). The van der Waals surface area contributed by atoms with Crippen molar-refractivity contribution in [1.29, 1.82) is 0 Å². The van der Waals surface area contributed by atoms with Crippen LogP contribution in [-0.2, 0) is 0 Å². The number of aromatic hydroxyl groups is 1. The Morgan fingerprint density at radius 3 is 2.96 bits per heavy atom. The molecule has 3 aromatic heterocycles. The van der Waals surface area contributed by atoms with Gasteiger partial charge in [-0.05, 0) is 29.6 Å². The number of nitrogens with one attached hydrogen (secondary N) is 1. The first-order chi connectivity index (χ1) is 11.1. The number of hydrogen-bond acceptors (Lipinski definition) is 6. The van der Waals surface area contributed by atoms with Gasteiger partial charge in [0.05, 0.1) is 10.4 Å². The lowest BCUT2D eigenvalue weighted by molar-refractivity contribution is 0.426. The maximum Gasteiger partial charge on any atom is 0.267 e. The summed E-state index contributed by atoms with van der Waals surface area (Å²) in [6, 6.07) is 8.50. The van der Waals surface area contributed by atoms with E-state index in [9.17, 15) is 9.90 Å². The van der Waals surface area contributed by atoms with Crippen LogP contribution >= 0.6 is 22.9 Å². The minimum absolute atomic E-state index is 0.0472. The van der Waals surface area contributed by atoms with E-state index in [0.717, 1.165) is 4.88 Å². The van der Waals surface area contributed by atoms with E-state index in [-0.39, 0.29) is 17.2 Å². The fourth-order valence-electron chi connectivity index (χ4n) is 2.28. The van der Waals surface area contributed by atoms with Crippen molar-refractivity contribution in [2.75, 3.05) is 0 Å². The van der Waals surface area contributed by atoms with Gasteiger partial charge in [0.1, 0.15) is 11.3 Å². The first-order valence-electron chi connectivity index (χ1n) is 6.56. The Bertz CT molecular complexity index is 1070. The maximum absolute atomic E-state index is 12.3. The van der Waals surface area contributed by atoms with Crippen LogP contribution in [0.25, 0.3) is 33.1 Å². The quantitative estimate of drug-likeness (QED) is 0.578. The van der Waals surface area contributed by atoms with Crippen LogP contribution in [0.3, 0.4) is 0 Å². The van der Waals surface area contributed by atoms with Gasteiger partial charge >= 0.3 is 0 Å². The Hall–Kier alpha value is -2.64. The molecule has 4 aromatic rings. The normalized spacial score (nSPS) is 11.2. The van der Waals surface area contributed by atoms with Crippen molar-refractivity contribution in [3.8, 4) is 27.9 Å². The number of halogens is 1. The number of fused-ring (bicyclic) bond motifs is 1. The van der Waals surface area contributed by atoms with Crippen LogP contribution in [0.5, 0.6) is 5.75 Å². The van der Waals surface area contributed by atoms with Crippen LogP contribution in [0.15, 0.2) is 45.0 Å². The van der Waals surface area contributed by atoms with E-state index >= 15 is 0 Å². The summed E-state index contributed by atoms with van der Waals surface area (Å²) >= 11 is 7.39. The van der Waals surface area contributed by atoms with Crippen LogP contribution in [-0.4, -0.2) is 20.2 Å². The van der Waals surface area contributed by atoms with Gasteiger partial charge in [0.15, 0.2) is 0 Å². The molecule has 0 aliphatic rings. The fraction of sp³-hybridized carbons (Fsp3) is 0. The smallest absolute Gasteiger partial charge is 0.267 e. The fourth-order valence-corrected chi connectivity index (χ4v) is 3.10. The number of nitrogens with zero attached hydrogens (tertiary/aromatic N) is 2. The average Bonchev–Trinajstić information content (AvgIpc) is 3.19. The second-order valence-electron chi connectivity index (χ2n) is 4.77. The second kappa shape index (κ2) is 5.22. The van der Waals surface area contributed by atoms with Gasteiger partial charge in [0, 0.05) is 10.4 Å². The Labute approximate surface area is 138 Å². The molecule has 0 amide bonds. The summed E-state index contributed by atoms with van der Waals surface area (Å²) in [7, 11) is 0. The van der Waals surface area contributed by atoms with Gasteiger partial charge in [0.25, 0.3) is 11.4 Å². The molecule has 4 rings (SSSR count). The van der Waals surface area contributed by atoms with Crippen molar-refractivity contribution in [1.82, 2.24) is 15.1 Å². The molecule has 8 heteroatoms. The summed E-state index contributed by atoms with van der Waals surface area (Å²) in [6.45, 7) is 0. The summed E-state index contributed by atoms with van der Waals surface area (Å²) in [5, 5.41) is 17.0. The molecule has 0 atom stereocenters. The zero-order valence-corrected chi connectivity index (χ0v) is 13.0. The van der Waals surface area contributed by atoms with E-state index < -0.39 is 5.56 Å². The minimum atomic E-state index is -0.515. The molecule has 2 N–H and O–H groups in total. The SMILES string of the molecule is O=c1[nH]c2ccc(Cl)cc2c(O)c1-c1nc(-c2cccs2)no1. The zero-order chi connectivity index (χ0) is 16.0. The van der Waals surface area contributed by atoms with Gasteiger partial charge in [-0.2, -0.15) is 4.98 Å². The Balaban J connectivity index is 1.94. The lowest BCUT2D eigenvalue weighted by atomic mass is 10.1. The van der Waals surface area contributed by atoms with E-state index in [1.54, 1.807) is 18.2 Å². The van der Waals surface area contributed by atoms with Crippen LogP contribution in [0.1, 0.15) is 0 Å². The van der Waals surface area contributed by atoms with E-state index in [0.29, 0.717) is 21.7 Å². The molecule has 0 saturated heterocycles. The van der Waals surface area contributed by atoms with Gasteiger partial charge in [-0.25, -0.2) is 0 Å². The molecular formula is C15H8ClN3O3S. The largest absolute Gasteiger partial charge is 0.506 e. The number of thiophene rings is 1. The van der Waals surface area contributed by atoms with E-state index in [1.807, 2.05) is 17.5 Å². The third-order valence-corrected chi connectivity index (χ3v) is 4.43. The van der Waals surface area contributed by atoms with Gasteiger partial charge in [0.2, 0.25) is 5.82 Å². The van der Waals surface area contributed by atoms with Crippen molar-refractivity contribution in [3.63, 3.8) is 0 Å². The summed E-state index contributed by atoms with van der Waals surface area (Å²) in [5.41, 5.74) is -0.118. The van der Waals surface area contributed by atoms with Crippen LogP contribution in [0.2, 0.25) is 5.02 Å². The second-order valence-corrected chi connectivity index (χ2v) is 6.15. The highest BCUT2D eigenvalue weighted by atomic mass is 35.5. The van der Waals surface area contributed by atoms with Crippen molar-refractivity contribution in [2.45, 2.75) is 0 Å². The van der Waals surface area contributed by atoms with Crippen molar-refractivity contribution < 1.29 is 9.63 Å². The Morgan fingerprint density at radius 1 is 1.30 bits per heavy atom. The molecule has 0 fully saturated rings. The molecule has 3 heterocycles. The third-order valence-electron chi connectivity index (χ3n) is 3.33. The summed E-state index contributed by atoms with van der Waals surface area (Å²) in [6.07, 6.45) is 0. The molecule has 0 bridgehead atoms. The molecule has 0 unspecified atom stereocenters. The lowest BCUT2D eigenvalue weighted by Gasteiger charge is -2.04. The molecule has 6 nitrogen and oxygen atoms in total. The maximum atomic E-state index is 12.3. The van der Waals surface area contributed by atoms with E-state index in [4.69, 9.17) is 16.1 Å². The number of H-pyrrole nitrogens is 1. The summed E-state index contributed by atoms with van der Waals surface area (Å²) in [5.74, 6) is 0.0710. The Morgan fingerprint density at radius 2 is 2.17 bits per heavy atom. The zero-order valence-electron chi connectivity index (χ0n) is 11.4. The third kappa shape index (κ3) is 2.30. The summed E-state index contributed by atoms with van der Waals surface area (Å²) in [4.78, 5) is 19.9. The van der Waals surface area contributed by atoms with E-state index in [2.05, 4.69) is 15.1 Å². The highest BCUT2D eigenvalue weighted by molar-refractivity contribution is 7.13. The van der Waals surface area contributed by atoms with Crippen LogP contribution < -0.4 is 5.56 Å². The van der Waals surface area contributed by atoms with Gasteiger partial charge in [-0.15, -0.1) is 11.3 Å². The number of aromatic nitrogens is 3. The molecule has 114 valence electrons. The monoisotopic (exact) mass is 345 g/mol. The van der Waals surface area contributed by atoms with Crippen molar-refractivity contribution >= 4 is 33.8 Å². The highest BCUT2D eigenvalue weighted by Gasteiger charge is 2.20. The topological polar surface area (TPSA) is 92.0 Å². The molecular weight excluding hydrogens is 338 g/mol. The predicted octanol–water partition coefficient (Wildman–Crippen LogP) is 3.67. The molecule has 0 aliphatic heterocycles. The van der Waals surface area contributed by atoms with Crippen LogP contribution in [0, 0.1) is 0 Å². The van der Waals surface area contributed by atoms with Crippen molar-refractivity contribution in [3.05, 3.63) is 51.1 Å². The van der Waals surface area contributed by atoms with Gasteiger partial charge in [-0.3, -0.25) is 4.79 Å². The summed E-state index contributed by atoms with van der Waals surface area (Å²) < 4.78 is 5.15. The molecule has 0 radical (unpaired) electrons. The first-order valence-corrected chi connectivity index (χ1v) is 7.82. The van der Waals surface area contributed by atoms with Gasteiger partial charge in [-0.1, -0.05) is 22.8 Å². The average molecular weight is 346 g/mol. The molecule has 0 spiro atoms. The predicted molar refractivity (Wildman–Crippen MR) is 87.8 cm³/mol. The van der Waals surface area contributed by atoms with Crippen molar-refractivity contribution in [2.24, 2.45) is 0 Å². The number of benzene rings is 1. The first kappa shape index (κ1) is 14.0.